The third-order valence-electron chi connectivity index (χ3n) is 6.34. The highest BCUT2D eigenvalue weighted by Gasteiger charge is 2.45. The minimum absolute atomic E-state index is 0.160. The van der Waals surface area contributed by atoms with Crippen LogP contribution in [0.1, 0.15) is 11.1 Å². The number of amides is 2. The molecule has 1 aliphatic heterocycles. The first-order valence-corrected chi connectivity index (χ1v) is 12.4. The third kappa shape index (κ3) is 7.79. The largest absolute Gasteiger partial charge is 0.455 e. The van der Waals surface area contributed by atoms with Gasteiger partial charge in [0.25, 0.3) is 0 Å². The number of carbonyl (C=O) groups is 2. The maximum Gasteiger partial charge on any atom is 0.409 e. The molecular formula is C26H33N3O11. The van der Waals surface area contributed by atoms with Crippen molar-refractivity contribution in [3.05, 3.63) is 69.8 Å². The summed E-state index contributed by atoms with van der Waals surface area (Å²) in [5.41, 5.74) is 0.604. The predicted molar refractivity (Wildman–Crippen MR) is 138 cm³/mol. The third-order valence-corrected chi connectivity index (χ3v) is 6.34. The Kier molecular flexibility index (Phi) is 10.6. The summed E-state index contributed by atoms with van der Waals surface area (Å²) in [6.45, 7) is 0.0689. The van der Waals surface area contributed by atoms with E-state index in [9.17, 15) is 35.0 Å². The van der Waals surface area contributed by atoms with E-state index in [0.717, 1.165) is 11.6 Å². The van der Waals surface area contributed by atoms with Crippen LogP contribution in [0.4, 0.5) is 15.3 Å². The molecule has 0 bridgehead atoms. The molecule has 1 heterocycles. The standard InChI is InChI=1S/C26H33N3O11/c1-27(25(33)37-3)11-12-28(2)26(34)38-15-17-9-10-19(18(13-17)29(35)36)39-24-23(32)22(31)21(30)20(40-24)14-16-7-5-4-6-8-16/h4-10,13,20-24,30-32H,11-12,14-15H2,1-3H3. The average Bonchev–Trinajstić information content (AvgIpc) is 2.96. The lowest BCUT2D eigenvalue weighted by atomic mass is 9.94. The van der Waals surface area contributed by atoms with Crippen molar-refractivity contribution < 1.29 is 48.8 Å². The predicted octanol–water partition coefficient (Wildman–Crippen LogP) is 1.29. The van der Waals surface area contributed by atoms with Gasteiger partial charge in [-0.3, -0.25) is 10.1 Å². The van der Waals surface area contributed by atoms with Crippen molar-refractivity contribution in [3.8, 4) is 5.75 Å². The van der Waals surface area contributed by atoms with Gasteiger partial charge in [0, 0.05) is 39.7 Å². The lowest BCUT2D eigenvalue weighted by Gasteiger charge is -2.40. The molecule has 1 aliphatic rings. The van der Waals surface area contributed by atoms with Gasteiger partial charge in [0.2, 0.25) is 6.29 Å². The van der Waals surface area contributed by atoms with Gasteiger partial charge in [-0.1, -0.05) is 36.4 Å². The zero-order valence-electron chi connectivity index (χ0n) is 22.3. The van der Waals surface area contributed by atoms with Gasteiger partial charge in [-0.25, -0.2) is 9.59 Å². The minimum atomic E-state index is -1.68. The Morgan fingerprint density at radius 3 is 2.23 bits per heavy atom. The van der Waals surface area contributed by atoms with Gasteiger partial charge >= 0.3 is 17.9 Å². The molecule has 2 aromatic carbocycles. The van der Waals surface area contributed by atoms with Gasteiger partial charge in [-0.05, 0) is 17.2 Å². The van der Waals surface area contributed by atoms with Gasteiger partial charge in [-0.2, -0.15) is 0 Å². The van der Waals surface area contributed by atoms with Crippen LogP contribution in [0.3, 0.4) is 0 Å². The molecule has 3 rings (SSSR count). The number of aliphatic hydroxyl groups is 3. The molecule has 5 atom stereocenters. The number of rotatable bonds is 10. The molecule has 0 spiro atoms. The summed E-state index contributed by atoms with van der Waals surface area (Å²) in [5.74, 6) is -0.255. The van der Waals surface area contributed by atoms with Crippen LogP contribution in [0.2, 0.25) is 0 Å². The molecule has 5 unspecified atom stereocenters. The molecule has 3 N–H and O–H groups in total. The van der Waals surface area contributed by atoms with Crippen molar-refractivity contribution in [3.63, 3.8) is 0 Å². The molecule has 0 radical (unpaired) electrons. The Bertz CT molecular complexity index is 1170. The van der Waals surface area contributed by atoms with Gasteiger partial charge < -0.3 is 44.1 Å². The molecule has 14 nitrogen and oxygen atoms in total. The van der Waals surface area contributed by atoms with Crippen LogP contribution in [-0.4, -0.2) is 107 Å². The normalized spacial score (nSPS) is 22.2. The van der Waals surface area contributed by atoms with E-state index in [4.69, 9.17) is 14.2 Å². The van der Waals surface area contributed by atoms with Crippen molar-refractivity contribution in [1.29, 1.82) is 0 Å². The number of benzene rings is 2. The maximum absolute atomic E-state index is 12.3. The molecule has 1 fully saturated rings. The molecule has 0 aliphatic carbocycles. The smallest absolute Gasteiger partial charge is 0.409 e. The molecule has 0 aromatic heterocycles. The maximum atomic E-state index is 12.3. The Morgan fingerprint density at radius 1 is 0.950 bits per heavy atom. The van der Waals surface area contributed by atoms with Crippen molar-refractivity contribution in [1.82, 2.24) is 9.80 Å². The Hall–Kier alpha value is -3.98. The Morgan fingerprint density at radius 2 is 1.60 bits per heavy atom. The fourth-order valence-corrected chi connectivity index (χ4v) is 3.94. The zero-order chi connectivity index (χ0) is 29.4. The molecule has 1 saturated heterocycles. The van der Waals surface area contributed by atoms with Gasteiger partial charge in [0.15, 0.2) is 5.75 Å². The summed E-state index contributed by atoms with van der Waals surface area (Å²) >= 11 is 0. The van der Waals surface area contributed by atoms with Crippen LogP contribution in [0.25, 0.3) is 0 Å². The van der Waals surface area contributed by atoms with Gasteiger partial charge in [-0.15, -0.1) is 0 Å². The number of hydrogen-bond donors (Lipinski definition) is 3. The number of carbonyl (C=O) groups excluding carboxylic acids is 2. The SMILES string of the molecule is COC(=O)N(C)CCN(C)C(=O)OCc1ccc(OC2OC(Cc3ccccc3)C(O)C(O)C2O)c([N+](=O)[O-])c1. The van der Waals surface area contributed by atoms with E-state index >= 15 is 0 Å². The number of ether oxygens (including phenoxy) is 4. The van der Waals surface area contributed by atoms with Crippen molar-refractivity contribution in [2.45, 2.75) is 43.7 Å². The van der Waals surface area contributed by atoms with Crippen LogP contribution >= 0.6 is 0 Å². The first-order chi connectivity index (χ1) is 19.0. The zero-order valence-corrected chi connectivity index (χ0v) is 22.3. The van der Waals surface area contributed by atoms with Crippen molar-refractivity contribution in [2.75, 3.05) is 34.3 Å². The number of nitrogens with zero attached hydrogens (tertiary/aromatic N) is 3. The average molecular weight is 564 g/mol. The van der Waals surface area contributed by atoms with E-state index in [1.807, 2.05) is 6.07 Å². The molecule has 0 saturated carbocycles. The molecule has 40 heavy (non-hydrogen) atoms. The highest BCUT2D eigenvalue weighted by molar-refractivity contribution is 5.68. The number of nitro benzene ring substituents is 1. The summed E-state index contributed by atoms with van der Waals surface area (Å²) < 4.78 is 21.1. The molecule has 2 amide bonds. The first kappa shape index (κ1) is 30.6. The van der Waals surface area contributed by atoms with E-state index < -0.39 is 53.5 Å². The number of likely N-dealkylation sites (N-methyl/N-ethyl adjacent to an activating group) is 2. The lowest BCUT2D eigenvalue weighted by Crippen LogP contribution is -2.59. The van der Waals surface area contributed by atoms with Crippen LogP contribution in [-0.2, 0) is 27.2 Å². The number of nitro groups is 1. The number of aliphatic hydroxyl groups excluding tert-OH is 3. The second kappa shape index (κ2) is 13.9. The van der Waals surface area contributed by atoms with E-state index in [-0.39, 0.29) is 37.4 Å². The van der Waals surface area contributed by atoms with E-state index in [0.29, 0.717) is 0 Å². The van der Waals surface area contributed by atoms with Gasteiger partial charge in [0.1, 0.15) is 24.9 Å². The summed E-state index contributed by atoms with van der Waals surface area (Å²) in [5, 5.41) is 43.0. The van der Waals surface area contributed by atoms with E-state index in [1.54, 1.807) is 24.3 Å². The fraction of sp³-hybridized carbons (Fsp3) is 0.462. The van der Waals surface area contributed by atoms with Crippen molar-refractivity contribution >= 4 is 17.9 Å². The van der Waals surface area contributed by atoms with Crippen molar-refractivity contribution in [2.24, 2.45) is 0 Å². The van der Waals surface area contributed by atoms with Crippen LogP contribution in [0.15, 0.2) is 48.5 Å². The highest BCUT2D eigenvalue weighted by atomic mass is 16.7. The summed E-state index contributed by atoms with van der Waals surface area (Å²) in [4.78, 5) is 37.3. The summed E-state index contributed by atoms with van der Waals surface area (Å²) in [6, 6.07) is 12.9. The Labute approximate surface area is 230 Å². The van der Waals surface area contributed by atoms with E-state index in [1.165, 1.54) is 43.1 Å². The summed E-state index contributed by atoms with van der Waals surface area (Å²) in [6.07, 6.45) is -8.24. The fourth-order valence-electron chi connectivity index (χ4n) is 3.94. The minimum Gasteiger partial charge on any atom is -0.455 e. The monoisotopic (exact) mass is 563 g/mol. The molecular weight excluding hydrogens is 530 g/mol. The summed E-state index contributed by atoms with van der Waals surface area (Å²) in [7, 11) is 4.23. The van der Waals surface area contributed by atoms with Crippen LogP contribution in [0, 0.1) is 10.1 Å². The topological polar surface area (TPSA) is 181 Å². The first-order valence-electron chi connectivity index (χ1n) is 12.4. The number of hydrogen-bond acceptors (Lipinski definition) is 11. The molecule has 2 aromatic rings. The van der Waals surface area contributed by atoms with Gasteiger partial charge in [0.05, 0.1) is 18.1 Å². The second-order valence-electron chi connectivity index (χ2n) is 9.25. The quantitative estimate of drug-likeness (QED) is 0.280. The number of methoxy groups -OCH3 is 1. The lowest BCUT2D eigenvalue weighted by molar-refractivity contribution is -0.387. The van der Waals surface area contributed by atoms with Crippen LogP contribution < -0.4 is 4.74 Å². The molecule has 14 heteroatoms. The Balaban J connectivity index is 1.65. The highest BCUT2D eigenvalue weighted by Crippen LogP contribution is 2.32. The van der Waals surface area contributed by atoms with E-state index in [2.05, 4.69) is 4.74 Å². The van der Waals surface area contributed by atoms with Crippen LogP contribution in [0.5, 0.6) is 5.75 Å². The second-order valence-corrected chi connectivity index (χ2v) is 9.25. The molecule has 218 valence electrons.